The molecule has 2 atom stereocenters. The van der Waals surface area contributed by atoms with E-state index in [1.165, 1.54) is 17.8 Å². The van der Waals surface area contributed by atoms with Gasteiger partial charge in [0.05, 0.1) is 27.2 Å². The molecule has 0 aromatic carbocycles. The number of thioether (sulfide) groups is 1. The van der Waals surface area contributed by atoms with Crippen molar-refractivity contribution in [2.75, 3.05) is 52.0 Å². The number of hydrogen-bond acceptors (Lipinski definition) is 11. The van der Waals surface area contributed by atoms with Crippen LogP contribution in [0.25, 0.3) is 0 Å². The number of halogens is 1. The predicted molar refractivity (Wildman–Crippen MR) is 142 cm³/mol. The van der Waals surface area contributed by atoms with Crippen molar-refractivity contribution < 1.29 is 38.0 Å². The zero-order valence-electron chi connectivity index (χ0n) is 21.1. The molecule has 0 bridgehead atoms. The number of β-lactam (4-membered cyclic amide) rings is 1. The van der Waals surface area contributed by atoms with Crippen molar-refractivity contribution in [3.8, 4) is 0 Å². The Bertz CT molecular complexity index is 1260. The molecule has 3 amide bonds. The first-order valence-corrected chi connectivity index (χ1v) is 13.3. The Balaban J connectivity index is 1.73. The molecule has 17 heteroatoms. The number of nitrogens with one attached hydrogen (secondary N) is 1. The van der Waals surface area contributed by atoms with Gasteiger partial charge in [-0.1, -0.05) is 11.2 Å². The van der Waals surface area contributed by atoms with Crippen LogP contribution >= 0.6 is 23.3 Å². The number of carboxylic acid groups (broad SMARTS) is 1. The molecule has 1 aromatic heterocycles. The van der Waals surface area contributed by atoms with Gasteiger partial charge in [-0.15, -0.1) is 11.8 Å². The van der Waals surface area contributed by atoms with Crippen LogP contribution < -0.4 is 16.8 Å². The van der Waals surface area contributed by atoms with Gasteiger partial charge in [-0.3, -0.25) is 19.3 Å². The van der Waals surface area contributed by atoms with E-state index < -0.39 is 54.1 Å². The number of amides is 3. The summed E-state index contributed by atoms with van der Waals surface area (Å²) in [6, 6.07) is -1.04. The summed E-state index contributed by atoms with van der Waals surface area (Å²) < 4.78 is 16.8. The van der Waals surface area contributed by atoms with E-state index in [4.69, 9.17) is 16.3 Å². The number of carboxylic acids is 1. The molecule has 3 rings (SSSR count). The van der Waals surface area contributed by atoms with Crippen molar-refractivity contribution in [3.05, 3.63) is 41.4 Å². The molecule has 14 nitrogen and oxygen atoms in total. The van der Waals surface area contributed by atoms with Gasteiger partial charge in [0, 0.05) is 23.4 Å². The number of alkyl halides is 1. The molecular weight excluding hydrogens is 555 g/mol. The van der Waals surface area contributed by atoms with Gasteiger partial charge < -0.3 is 31.2 Å². The minimum atomic E-state index is -1.28. The van der Waals surface area contributed by atoms with Crippen molar-refractivity contribution in [3.63, 3.8) is 0 Å². The molecule has 0 radical (unpaired) electrons. The fraction of sp³-hybridized carbons (Fsp3) is 0.409. The largest absolute Gasteiger partial charge is 0.477 e. The Labute approximate surface area is 231 Å². The van der Waals surface area contributed by atoms with Crippen molar-refractivity contribution in [2.45, 2.75) is 11.4 Å². The highest BCUT2D eigenvalue weighted by molar-refractivity contribution is 8.00. The van der Waals surface area contributed by atoms with Gasteiger partial charge in [-0.2, -0.15) is 9.36 Å². The zero-order valence-corrected chi connectivity index (χ0v) is 22.7. The lowest BCUT2D eigenvalue weighted by atomic mass is 10.0. The van der Waals surface area contributed by atoms with E-state index in [-0.39, 0.29) is 22.4 Å². The van der Waals surface area contributed by atoms with E-state index in [2.05, 4.69) is 19.8 Å². The van der Waals surface area contributed by atoms with E-state index in [9.17, 15) is 28.7 Å². The summed E-state index contributed by atoms with van der Waals surface area (Å²) in [5.74, 6) is -3.17. The molecule has 0 saturated carbocycles. The molecule has 39 heavy (non-hydrogen) atoms. The number of nitrogens with two attached hydrogens (primary N) is 2. The van der Waals surface area contributed by atoms with Gasteiger partial charge >= 0.3 is 5.97 Å². The molecule has 2 aliphatic heterocycles. The number of likely N-dealkylation sites (N-methyl/N-ethyl adjacent to an activating group) is 1. The highest BCUT2D eigenvalue weighted by atomic mass is 32.2. The second-order valence-electron chi connectivity index (χ2n) is 8.97. The number of allylic oxidation sites excluding steroid dienone is 1. The number of hydrogen-bond donors (Lipinski definition) is 4. The van der Waals surface area contributed by atoms with Crippen LogP contribution in [-0.2, 0) is 24.0 Å². The predicted octanol–water partition coefficient (Wildman–Crippen LogP) is -0.777. The van der Waals surface area contributed by atoms with Gasteiger partial charge in [0.25, 0.3) is 11.8 Å². The molecule has 3 heterocycles. The standard InChI is InChI=1S/C22H27FN8O6S2/c1-31(2,9-4-6-13(24)32)8-3-5-12-11-38-20-15(19(34)30(20)16(12)21(35)36)26-18(33)14(28-37-10-7-23)17-27-22(25)39-29-17/h3-6,15,20H,7-11H2,1-2H3,(H5-,24,25,26,27,29,32,33,35,36)/p+1/b5-3+,6-4+,28-14-/t15-,20-/m1/s1. The molecule has 1 aromatic rings. The van der Waals surface area contributed by atoms with Crippen LogP contribution in [0, 0.1) is 0 Å². The molecule has 0 aliphatic carbocycles. The lowest BCUT2D eigenvalue weighted by Gasteiger charge is -2.49. The molecule has 1 fully saturated rings. The quantitative estimate of drug-likeness (QED) is 0.0570. The second kappa shape index (κ2) is 12.8. The number of aromatic nitrogens is 2. The minimum absolute atomic E-state index is 0.0610. The Morgan fingerprint density at radius 2 is 2.05 bits per heavy atom. The number of oxime groups is 1. The number of rotatable bonds is 13. The maximum absolute atomic E-state index is 13.0. The number of carbonyl (C=O) groups is 4. The average molecular weight is 584 g/mol. The van der Waals surface area contributed by atoms with Gasteiger partial charge in [0.1, 0.15) is 30.4 Å². The summed E-state index contributed by atoms with van der Waals surface area (Å²) >= 11 is 2.09. The third-order valence-corrected chi connectivity index (χ3v) is 7.33. The van der Waals surface area contributed by atoms with E-state index in [0.717, 1.165) is 16.4 Å². The molecular formula is C22H28FN8O6S2+. The molecule has 6 N–H and O–H groups in total. The Morgan fingerprint density at radius 1 is 1.33 bits per heavy atom. The van der Waals surface area contributed by atoms with E-state index >= 15 is 0 Å². The van der Waals surface area contributed by atoms with Crippen LogP contribution in [0.1, 0.15) is 5.82 Å². The SMILES string of the molecule is C[N+](C)(C/C=C/C(N)=O)C/C=C/C1=C(C(=O)O)N2C(=O)[C@@H](NC(=O)/C(=N\OCCF)c3nsc(N)n3)[C@H]2SC1. The number of carbonyl (C=O) groups excluding carboxylic acids is 3. The van der Waals surface area contributed by atoms with Crippen LogP contribution in [0.4, 0.5) is 9.52 Å². The summed E-state index contributed by atoms with van der Waals surface area (Å²) in [6.07, 6.45) is 6.41. The molecule has 1 saturated heterocycles. The maximum Gasteiger partial charge on any atom is 0.352 e. The number of fused-ring (bicyclic) bond motifs is 1. The summed E-state index contributed by atoms with van der Waals surface area (Å²) in [5, 5.41) is 15.4. The first-order chi connectivity index (χ1) is 18.4. The number of nitrogen functional groups attached to an aromatic ring is 1. The van der Waals surface area contributed by atoms with Gasteiger partial charge in [-0.25, -0.2) is 9.18 Å². The summed E-state index contributed by atoms with van der Waals surface area (Å²) in [6.45, 7) is -0.214. The van der Waals surface area contributed by atoms with E-state index in [1.807, 2.05) is 14.1 Å². The van der Waals surface area contributed by atoms with Crippen molar-refractivity contribution in [2.24, 2.45) is 10.9 Å². The van der Waals surface area contributed by atoms with Crippen molar-refractivity contribution in [1.82, 2.24) is 19.6 Å². The lowest BCUT2D eigenvalue weighted by Crippen LogP contribution is -2.71. The summed E-state index contributed by atoms with van der Waals surface area (Å²) in [4.78, 5) is 58.7. The Morgan fingerprint density at radius 3 is 2.67 bits per heavy atom. The maximum atomic E-state index is 13.0. The number of aliphatic carboxylic acids is 1. The molecule has 0 spiro atoms. The van der Waals surface area contributed by atoms with Crippen LogP contribution in [0.5, 0.6) is 0 Å². The average Bonchev–Trinajstić information content (AvgIpc) is 3.29. The van der Waals surface area contributed by atoms with Crippen LogP contribution in [0.2, 0.25) is 0 Å². The number of quaternary nitrogens is 1. The monoisotopic (exact) mass is 583 g/mol. The Kier molecular flexibility index (Phi) is 9.76. The normalized spacial score (nSPS) is 19.8. The van der Waals surface area contributed by atoms with E-state index in [0.29, 0.717) is 23.1 Å². The fourth-order valence-corrected chi connectivity index (χ4v) is 5.40. The highest BCUT2D eigenvalue weighted by Crippen LogP contribution is 2.40. The zero-order chi connectivity index (χ0) is 28.7. The van der Waals surface area contributed by atoms with Crippen LogP contribution in [0.3, 0.4) is 0 Å². The third-order valence-electron chi connectivity index (χ3n) is 5.48. The van der Waals surface area contributed by atoms with Crippen molar-refractivity contribution in [1.29, 1.82) is 0 Å². The topological polar surface area (TPSA) is 203 Å². The smallest absolute Gasteiger partial charge is 0.352 e. The van der Waals surface area contributed by atoms with Gasteiger partial charge in [0.15, 0.2) is 5.13 Å². The molecule has 2 aliphatic rings. The number of nitrogens with zero attached hydrogens (tertiary/aromatic N) is 5. The molecule has 0 unspecified atom stereocenters. The fourth-order valence-electron chi connectivity index (χ4n) is 3.65. The highest BCUT2D eigenvalue weighted by Gasteiger charge is 2.54. The minimum Gasteiger partial charge on any atom is -0.477 e. The summed E-state index contributed by atoms with van der Waals surface area (Å²) in [5.41, 5.74) is 10.6. The molecule has 210 valence electrons. The first-order valence-electron chi connectivity index (χ1n) is 11.5. The van der Waals surface area contributed by atoms with Crippen LogP contribution in [0.15, 0.2) is 40.7 Å². The Hall–Kier alpha value is -3.83. The first kappa shape index (κ1) is 29.7. The summed E-state index contributed by atoms with van der Waals surface area (Å²) in [7, 11) is 3.85. The second-order valence-corrected chi connectivity index (χ2v) is 10.9. The van der Waals surface area contributed by atoms with Gasteiger partial charge in [-0.05, 0) is 17.7 Å². The van der Waals surface area contributed by atoms with Crippen molar-refractivity contribution >= 4 is 57.8 Å². The number of anilines is 1. The lowest BCUT2D eigenvalue weighted by molar-refractivity contribution is -0.878. The van der Waals surface area contributed by atoms with Crippen LogP contribution in [-0.4, -0.2) is 111 Å². The number of primary amides is 1. The third kappa shape index (κ3) is 7.39. The van der Waals surface area contributed by atoms with Gasteiger partial charge in [0.2, 0.25) is 17.4 Å². The van der Waals surface area contributed by atoms with E-state index in [1.54, 1.807) is 18.2 Å².